The van der Waals surface area contributed by atoms with Gasteiger partial charge in [0.25, 0.3) is 0 Å². The molecule has 0 amide bonds. The fourth-order valence-electron chi connectivity index (χ4n) is 5.45. The fraction of sp³-hybridized carbons (Fsp3) is 0.706. The van der Waals surface area contributed by atoms with E-state index in [0.29, 0.717) is 23.2 Å². The molecule has 1 aromatic carbocycles. The third kappa shape index (κ3) is 10.9. The summed E-state index contributed by atoms with van der Waals surface area (Å²) < 4.78 is 25.7. The van der Waals surface area contributed by atoms with Crippen molar-refractivity contribution in [3.05, 3.63) is 54.1 Å². The SMILES string of the molecule is C=C(C)C[C@@H](O[Si](C)(C)C(C)(C)C)[C@@H](/C=C/CCCOCc1ccc(OC)cc1)O[Si](C(C)C)(C(C)C)C(C)C. The van der Waals surface area contributed by atoms with Gasteiger partial charge in [0.15, 0.2) is 8.32 Å². The third-order valence-electron chi connectivity index (χ3n) is 8.63. The predicted molar refractivity (Wildman–Crippen MR) is 178 cm³/mol. The van der Waals surface area contributed by atoms with Crippen LogP contribution in [0.15, 0.2) is 48.6 Å². The molecule has 0 radical (unpaired) electrons. The van der Waals surface area contributed by atoms with Crippen LogP contribution in [0.25, 0.3) is 0 Å². The van der Waals surface area contributed by atoms with Crippen LogP contribution in [0.3, 0.4) is 0 Å². The van der Waals surface area contributed by atoms with Crippen molar-refractivity contribution in [2.45, 2.75) is 142 Å². The van der Waals surface area contributed by atoms with Crippen LogP contribution in [0.4, 0.5) is 0 Å². The molecule has 40 heavy (non-hydrogen) atoms. The van der Waals surface area contributed by atoms with Gasteiger partial charge in [-0.15, -0.1) is 6.58 Å². The van der Waals surface area contributed by atoms with Crippen molar-refractivity contribution in [2.75, 3.05) is 13.7 Å². The highest BCUT2D eigenvalue weighted by Crippen LogP contribution is 2.45. The first-order valence-corrected chi connectivity index (χ1v) is 20.4. The predicted octanol–water partition coefficient (Wildman–Crippen LogP) is 10.5. The highest BCUT2D eigenvalue weighted by Gasteiger charge is 2.48. The number of benzene rings is 1. The second-order valence-electron chi connectivity index (χ2n) is 13.9. The first kappa shape index (κ1) is 36.8. The largest absolute Gasteiger partial charge is 0.497 e. The Morgan fingerprint density at radius 2 is 1.48 bits per heavy atom. The lowest BCUT2D eigenvalue weighted by Crippen LogP contribution is -2.54. The summed E-state index contributed by atoms with van der Waals surface area (Å²) in [7, 11) is -2.47. The Kier molecular flexibility index (Phi) is 15.2. The Hall–Kier alpha value is -1.19. The van der Waals surface area contributed by atoms with Crippen molar-refractivity contribution in [2.24, 2.45) is 0 Å². The van der Waals surface area contributed by atoms with E-state index in [-0.39, 0.29) is 17.2 Å². The lowest BCUT2D eigenvalue weighted by molar-refractivity contribution is 0.0608. The molecule has 1 aromatic rings. The molecule has 0 saturated carbocycles. The van der Waals surface area contributed by atoms with Crippen LogP contribution in [0.5, 0.6) is 5.75 Å². The van der Waals surface area contributed by atoms with Gasteiger partial charge in [-0.2, -0.15) is 0 Å². The molecule has 0 N–H and O–H groups in total. The number of unbranched alkanes of at least 4 members (excludes halogenated alkanes) is 1. The number of hydrogen-bond donors (Lipinski definition) is 0. The summed E-state index contributed by atoms with van der Waals surface area (Å²) in [5.41, 5.74) is 3.82. The second kappa shape index (κ2) is 16.5. The van der Waals surface area contributed by atoms with Gasteiger partial charge in [-0.3, -0.25) is 0 Å². The highest BCUT2D eigenvalue weighted by molar-refractivity contribution is 6.77. The van der Waals surface area contributed by atoms with Crippen LogP contribution in [0.1, 0.15) is 94.1 Å². The Morgan fingerprint density at radius 3 is 1.93 bits per heavy atom. The summed E-state index contributed by atoms with van der Waals surface area (Å²) in [6, 6.07) is 8.06. The lowest BCUT2D eigenvalue weighted by Gasteiger charge is -2.47. The minimum absolute atomic E-state index is 0.0379. The monoisotopic (exact) mass is 590 g/mol. The summed E-state index contributed by atoms with van der Waals surface area (Å²) in [5, 5.41) is 0.123. The average molecular weight is 591 g/mol. The van der Waals surface area contributed by atoms with Crippen LogP contribution in [-0.4, -0.2) is 42.6 Å². The van der Waals surface area contributed by atoms with Crippen LogP contribution >= 0.6 is 0 Å². The first-order chi connectivity index (χ1) is 18.5. The minimum Gasteiger partial charge on any atom is -0.497 e. The molecule has 4 nitrogen and oxygen atoms in total. The maximum atomic E-state index is 7.42. The van der Waals surface area contributed by atoms with E-state index in [1.54, 1.807) is 7.11 Å². The molecular weight excluding hydrogens is 529 g/mol. The quantitative estimate of drug-likeness (QED) is 0.0968. The van der Waals surface area contributed by atoms with Crippen molar-refractivity contribution in [3.63, 3.8) is 0 Å². The van der Waals surface area contributed by atoms with Gasteiger partial charge in [0.1, 0.15) is 5.75 Å². The molecule has 6 heteroatoms. The topological polar surface area (TPSA) is 36.9 Å². The fourth-order valence-corrected chi connectivity index (χ4v) is 12.3. The van der Waals surface area contributed by atoms with Gasteiger partial charge in [0.05, 0.1) is 25.9 Å². The number of allylic oxidation sites excluding steroid dienone is 1. The van der Waals surface area contributed by atoms with Gasteiger partial charge in [0.2, 0.25) is 8.32 Å². The van der Waals surface area contributed by atoms with E-state index < -0.39 is 16.6 Å². The average Bonchev–Trinajstić information content (AvgIpc) is 2.83. The van der Waals surface area contributed by atoms with E-state index in [1.807, 2.05) is 12.1 Å². The third-order valence-corrected chi connectivity index (χ3v) is 19.2. The van der Waals surface area contributed by atoms with Gasteiger partial charge in [-0.25, -0.2) is 0 Å². The Bertz CT molecular complexity index is 876. The van der Waals surface area contributed by atoms with Gasteiger partial charge < -0.3 is 18.3 Å². The van der Waals surface area contributed by atoms with Crippen molar-refractivity contribution in [1.29, 1.82) is 0 Å². The molecule has 0 bridgehead atoms. The molecule has 1 rings (SSSR count). The summed E-state index contributed by atoms with van der Waals surface area (Å²) in [6.07, 6.45) is 7.19. The van der Waals surface area contributed by atoms with E-state index in [0.717, 1.165) is 42.8 Å². The number of hydrogen-bond acceptors (Lipinski definition) is 4. The molecule has 0 saturated heterocycles. The van der Waals surface area contributed by atoms with Crippen molar-refractivity contribution in [3.8, 4) is 5.75 Å². The molecule has 0 aliphatic rings. The van der Waals surface area contributed by atoms with Crippen LogP contribution in [0, 0.1) is 0 Å². The molecule has 0 unspecified atom stereocenters. The first-order valence-electron chi connectivity index (χ1n) is 15.3. The molecule has 0 fully saturated rings. The maximum absolute atomic E-state index is 7.42. The van der Waals surface area contributed by atoms with E-state index in [2.05, 4.69) is 113 Å². The number of methoxy groups -OCH3 is 1. The standard InChI is InChI=1S/C34H62O4Si2/c1-26(2)24-33(37-39(13,14)34(9,10)11)32(38-40(27(3)4,28(5)6)29(7)8)18-16-15-17-23-36-25-30-19-21-31(35-12)22-20-30/h16,18-22,27-29,32-33H,1,15,17,23-25H2,2-14H3/b18-16+/t32-,33-/m1/s1. The minimum atomic E-state index is -2.13. The molecular formula is C34H62O4Si2. The molecule has 0 aromatic heterocycles. The van der Waals surface area contributed by atoms with Crippen molar-refractivity contribution in [1.82, 2.24) is 0 Å². The van der Waals surface area contributed by atoms with Crippen LogP contribution < -0.4 is 4.74 Å². The second-order valence-corrected chi connectivity index (χ2v) is 24.1. The summed E-state index contributed by atoms with van der Waals surface area (Å²) in [5.74, 6) is 0.868. The molecule has 2 atom stereocenters. The summed E-state index contributed by atoms with van der Waals surface area (Å²) in [4.78, 5) is 0. The van der Waals surface area contributed by atoms with Gasteiger partial charge in [-0.05, 0) is 78.6 Å². The molecule has 0 aliphatic heterocycles. The van der Waals surface area contributed by atoms with E-state index in [9.17, 15) is 0 Å². The van der Waals surface area contributed by atoms with E-state index in [4.69, 9.17) is 18.3 Å². The Morgan fingerprint density at radius 1 is 0.925 bits per heavy atom. The maximum Gasteiger partial charge on any atom is 0.201 e. The molecule has 0 heterocycles. The smallest absolute Gasteiger partial charge is 0.201 e. The lowest BCUT2D eigenvalue weighted by atomic mass is 10.1. The summed E-state index contributed by atoms with van der Waals surface area (Å²) >= 11 is 0. The van der Waals surface area contributed by atoms with E-state index in [1.165, 1.54) is 0 Å². The van der Waals surface area contributed by atoms with Gasteiger partial charge >= 0.3 is 0 Å². The Balaban J connectivity index is 3.12. The zero-order chi connectivity index (χ0) is 30.7. The van der Waals surface area contributed by atoms with Crippen molar-refractivity contribution >= 4 is 16.6 Å². The highest BCUT2D eigenvalue weighted by atomic mass is 28.4. The van der Waals surface area contributed by atoms with Gasteiger partial charge in [0, 0.05) is 6.61 Å². The number of rotatable bonds is 18. The zero-order valence-corrected chi connectivity index (χ0v) is 30.2. The molecule has 230 valence electrons. The van der Waals surface area contributed by atoms with Crippen LogP contribution in [-0.2, 0) is 20.2 Å². The summed E-state index contributed by atoms with van der Waals surface area (Å²) in [6.45, 7) is 33.5. The van der Waals surface area contributed by atoms with Gasteiger partial charge in [-0.1, -0.05) is 92.2 Å². The van der Waals surface area contributed by atoms with E-state index >= 15 is 0 Å². The van der Waals surface area contributed by atoms with Crippen molar-refractivity contribution < 1.29 is 18.3 Å². The number of ether oxygens (including phenoxy) is 2. The van der Waals surface area contributed by atoms with Crippen LogP contribution in [0.2, 0.25) is 34.8 Å². The zero-order valence-electron chi connectivity index (χ0n) is 28.2. The Labute approximate surface area is 250 Å². The molecule has 0 aliphatic carbocycles. The molecule has 0 spiro atoms. The normalized spacial score (nSPS) is 14.9.